The second-order valence-corrected chi connectivity index (χ2v) is 11.7. The lowest BCUT2D eigenvalue weighted by Gasteiger charge is -2.37. The SMILES string of the molecule is C=CC(=O)Oc1cc(C(C)(C)CC(C)(C)C)c(O)c(C(C)(C)CC(C)(C)C)c1. The van der Waals surface area contributed by atoms with E-state index in [0.29, 0.717) is 11.5 Å². The molecule has 0 aliphatic heterocycles. The molecule has 0 bridgehead atoms. The predicted octanol–water partition coefficient (Wildman–Crippen LogP) is 6.91. The van der Waals surface area contributed by atoms with Crippen LogP contribution in [0.4, 0.5) is 0 Å². The molecule has 3 heteroatoms. The summed E-state index contributed by atoms with van der Waals surface area (Å²) in [5.74, 6) is 0.267. The molecule has 1 aromatic rings. The van der Waals surface area contributed by atoms with Gasteiger partial charge in [0.15, 0.2) is 0 Å². The first kappa shape index (κ1) is 24.3. The van der Waals surface area contributed by atoms with E-state index in [4.69, 9.17) is 4.74 Å². The molecule has 0 saturated carbocycles. The van der Waals surface area contributed by atoms with Gasteiger partial charge in [0, 0.05) is 17.2 Å². The smallest absolute Gasteiger partial charge is 0.335 e. The van der Waals surface area contributed by atoms with Gasteiger partial charge in [0.1, 0.15) is 11.5 Å². The Morgan fingerprint density at radius 3 is 1.54 bits per heavy atom. The second kappa shape index (κ2) is 7.93. The fourth-order valence-electron chi connectivity index (χ4n) is 4.70. The Morgan fingerprint density at radius 2 is 1.25 bits per heavy atom. The summed E-state index contributed by atoms with van der Waals surface area (Å²) in [5.41, 5.74) is 1.23. The normalized spacial score (nSPS) is 13.4. The lowest BCUT2D eigenvalue weighted by Crippen LogP contribution is -2.28. The van der Waals surface area contributed by atoms with Gasteiger partial charge in [-0.2, -0.15) is 0 Å². The van der Waals surface area contributed by atoms with Gasteiger partial charge >= 0.3 is 5.97 Å². The van der Waals surface area contributed by atoms with E-state index in [1.807, 2.05) is 0 Å². The van der Waals surface area contributed by atoms with Crippen LogP contribution in [-0.2, 0) is 15.6 Å². The molecule has 0 saturated heterocycles. The van der Waals surface area contributed by atoms with Crippen molar-refractivity contribution in [3.63, 3.8) is 0 Å². The van der Waals surface area contributed by atoms with Crippen molar-refractivity contribution in [3.8, 4) is 11.5 Å². The molecule has 28 heavy (non-hydrogen) atoms. The van der Waals surface area contributed by atoms with Crippen molar-refractivity contribution < 1.29 is 14.6 Å². The number of rotatable bonds is 6. The average Bonchev–Trinajstić information content (AvgIpc) is 2.43. The van der Waals surface area contributed by atoms with E-state index in [-0.39, 0.29) is 21.7 Å². The minimum atomic E-state index is -0.496. The van der Waals surface area contributed by atoms with Crippen LogP contribution in [0.3, 0.4) is 0 Å². The third kappa shape index (κ3) is 6.68. The summed E-state index contributed by atoms with van der Waals surface area (Å²) in [6.45, 7) is 25.2. The number of hydrogen-bond donors (Lipinski definition) is 1. The summed E-state index contributed by atoms with van der Waals surface area (Å²) in [5, 5.41) is 11.3. The maximum Gasteiger partial charge on any atom is 0.335 e. The Hall–Kier alpha value is -1.77. The minimum absolute atomic E-state index is 0.0881. The number of carbonyl (C=O) groups excluding carboxylic acids is 1. The molecular weight excluding hydrogens is 348 g/mol. The van der Waals surface area contributed by atoms with Gasteiger partial charge in [-0.25, -0.2) is 4.79 Å². The first-order chi connectivity index (χ1) is 12.4. The number of benzene rings is 1. The quantitative estimate of drug-likeness (QED) is 0.327. The van der Waals surface area contributed by atoms with Gasteiger partial charge < -0.3 is 9.84 Å². The maximum absolute atomic E-state index is 11.8. The fraction of sp³-hybridized carbons (Fsp3) is 0.640. The van der Waals surface area contributed by atoms with E-state index >= 15 is 0 Å². The molecule has 0 aliphatic carbocycles. The van der Waals surface area contributed by atoms with Gasteiger partial charge in [0.05, 0.1) is 0 Å². The van der Waals surface area contributed by atoms with E-state index in [2.05, 4.69) is 75.8 Å². The number of phenolic OH excluding ortho intramolecular Hbond substituents is 1. The van der Waals surface area contributed by atoms with Gasteiger partial charge in [-0.3, -0.25) is 0 Å². The van der Waals surface area contributed by atoms with E-state index in [9.17, 15) is 9.90 Å². The van der Waals surface area contributed by atoms with Crippen LogP contribution in [0.25, 0.3) is 0 Å². The highest BCUT2D eigenvalue weighted by Crippen LogP contribution is 2.48. The Bertz CT molecular complexity index is 676. The third-order valence-electron chi connectivity index (χ3n) is 4.87. The minimum Gasteiger partial charge on any atom is -0.507 e. The zero-order valence-electron chi connectivity index (χ0n) is 19.6. The molecule has 1 N–H and O–H groups in total. The van der Waals surface area contributed by atoms with Crippen molar-refractivity contribution in [2.45, 2.75) is 92.9 Å². The molecule has 0 aliphatic rings. The number of phenols is 1. The van der Waals surface area contributed by atoms with Crippen molar-refractivity contribution in [1.29, 1.82) is 0 Å². The highest BCUT2D eigenvalue weighted by Gasteiger charge is 2.36. The topological polar surface area (TPSA) is 46.5 Å². The van der Waals surface area contributed by atoms with Crippen LogP contribution >= 0.6 is 0 Å². The first-order valence-corrected chi connectivity index (χ1v) is 10.1. The molecule has 158 valence electrons. The molecule has 0 atom stereocenters. The lowest BCUT2D eigenvalue weighted by atomic mass is 9.68. The predicted molar refractivity (Wildman–Crippen MR) is 118 cm³/mol. The van der Waals surface area contributed by atoms with Gasteiger partial charge in [-0.1, -0.05) is 75.8 Å². The molecular formula is C25H40O3. The van der Waals surface area contributed by atoms with Crippen LogP contribution in [0.1, 0.15) is 93.2 Å². The van der Waals surface area contributed by atoms with Crippen LogP contribution in [0, 0.1) is 10.8 Å². The zero-order valence-corrected chi connectivity index (χ0v) is 19.6. The Kier molecular flexibility index (Phi) is 6.87. The van der Waals surface area contributed by atoms with Crippen LogP contribution in [-0.4, -0.2) is 11.1 Å². The fourth-order valence-corrected chi connectivity index (χ4v) is 4.70. The van der Waals surface area contributed by atoms with Crippen LogP contribution in [0.5, 0.6) is 11.5 Å². The van der Waals surface area contributed by atoms with Gasteiger partial charge in [-0.05, 0) is 46.6 Å². The second-order valence-electron chi connectivity index (χ2n) is 11.7. The Balaban J connectivity index is 3.66. The van der Waals surface area contributed by atoms with Crippen molar-refractivity contribution >= 4 is 5.97 Å². The third-order valence-corrected chi connectivity index (χ3v) is 4.87. The molecule has 0 unspecified atom stereocenters. The molecule has 0 fully saturated rings. The lowest BCUT2D eigenvalue weighted by molar-refractivity contribution is -0.128. The van der Waals surface area contributed by atoms with E-state index in [0.717, 1.165) is 30.0 Å². The highest BCUT2D eigenvalue weighted by atomic mass is 16.5. The average molecular weight is 389 g/mol. The maximum atomic E-state index is 11.8. The summed E-state index contributed by atoms with van der Waals surface area (Å²) in [6, 6.07) is 3.61. The van der Waals surface area contributed by atoms with Crippen molar-refractivity contribution in [1.82, 2.24) is 0 Å². The zero-order chi connectivity index (χ0) is 22.1. The summed E-state index contributed by atoms with van der Waals surface area (Å²) >= 11 is 0. The van der Waals surface area contributed by atoms with Gasteiger partial charge in [0.2, 0.25) is 0 Å². The summed E-state index contributed by atoms with van der Waals surface area (Å²) in [4.78, 5) is 11.8. The highest BCUT2D eigenvalue weighted by molar-refractivity contribution is 5.83. The van der Waals surface area contributed by atoms with Crippen molar-refractivity contribution in [2.24, 2.45) is 10.8 Å². The molecule has 0 spiro atoms. The van der Waals surface area contributed by atoms with Crippen LogP contribution in [0.15, 0.2) is 24.8 Å². The number of esters is 1. The molecule has 0 radical (unpaired) electrons. The van der Waals surface area contributed by atoms with Gasteiger partial charge in [-0.15, -0.1) is 0 Å². The molecule has 1 aromatic carbocycles. The Labute approximate surface area is 172 Å². The number of aromatic hydroxyl groups is 1. The van der Waals surface area contributed by atoms with Gasteiger partial charge in [0.25, 0.3) is 0 Å². The number of hydrogen-bond acceptors (Lipinski definition) is 3. The van der Waals surface area contributed by atoms with E-state index in [1.54, 1.807) is 12.1 Å². The van der Waals surface area contributed by atoms with E-state index in [1.165, 1.54) is 0 Å². The molecule has 3 nitrogen and oxygen atoms in total. The van der Waals surface area contributed by atoms with E-state index < -0.39 is 5.97 Å². The van der Waals surface area contributed by atoms with Crippen molar-refractivity contribution in [2.75, 3.05) is 0 Å². The van der Waals surface area contributed by atoms with Crippen molar-refractivity contribution in [3.05, 3.63) is 35.9 Å². The summed E-state index contributed by atoms with van der Waals surface area (Å²) in [6.07, 6.45) is 2.92. The molecule has 0 aromatic heterocycles. The van der Waals surface area contributed by atoms with Crippen LogP contribution < -0.4 is 4.74 Å². The number of ether oxygens (including phenoxy) is 1. The molecule has 0 heterocycles. The monoisotopic (exact) mass is 388 g/mol. The van der Waals surface area contributed by atoms with Crippen LogP contribution in [0.2, 0.25) is 0 Å². The molecule has 1 rings (SSSR count). The summed E-state index contributed by atoms with van der Waals surface area (Å²) < 4.78 is 5.48. The largest absolute Gasteiger partial charge is 0.507 e. The Morgan fingerprint density at radius 1 is 0.893 bits per heavy atom. The first-order valence-electron chi connectivity index (χ1n) is 10.1. The molecule has 0 amide bonds. The standard InChI is InChI=1S/C25H40O3/c1-12-20(26)28-17-13-18(24(8,9)15-22(2,3)4)21(27)19(14-17)25(10,11)16-23(5,6)7/h12-14,27H,1,15-16H2,2-11H3. The summed E-state index contributed by atoms with van der Waals surface area (Å²) in [7, 11) is 0. The number of carbonyl (C=O) groups is 1.